The number of hydrogen-bond acceptors (Lipinski definition) is 3. The molecule has 88 valence electrons. The largest absolute Gasteiger partial charge is 0.399 e. The summed E-state index contributed by atoms with van der Waals surface area (Å²) in [5.41, 5.74) is 8.70. The molecule has 1 amide bonds. The summed E-state index contributed by atoms with van der Waals surface area (Å²) >= 11 is 4.81. The predicted octanol–water partition coefficient (Wildman–Crippen LogP) is 3.65. The highest BCUT2D eigenvalue weighted by molar-refractivity contribution is 9.11. The van der Waals surface area contributed by atoms with Crippen LogP contribution in [0.3, 0.4) is 0 Å². The molecule has 0 bridgehead atoms. The van der Waals surface area contributed by atoms with Gasteiger partial charge >= 0.3 is 0 Å². The van der Waals surface area contributed by atoms with Gasteiger partial charge in [-0.25, -0.2) is 0 Å². The van der Waals surface area contributed by atoms with Gasteiger partial charge in [0, 0.05) is 16.8 Å². The number of nitrogens with one attached hydrogen (secondary N) is 1. The Kier molecular flexibility index (Phi) is 3.49. The number of carbonyl (C=O) groups is 1. The number of anilines is 2. The van der Waals surface area contributed by atoms with Crippen LogP contribution in [0.25, 0.3) is 0 Å². The number of nitrogen functional groups attached to an aromatic ring is 1. The maximum atomic E-state index is 11.9. The minimum Gasteiger partial charge on any atom is -0.399 e. The molecule has 2 aromatic rings. The Balaban J connectivity index is 2.21. The molecule has 2 rings (SSSR count). The molecular formula is C12H11BrN2OS. The first kappa shape index (κ1) is 12.1. The molecule has 1 aromatic heterocycles. The van der Waals surface area contributed by atoms with E-state index >= 15 is 0 Å². The molecule has 1 aromatic carbocycles. The molecular weight excluding hydrogens is 300 g/mol. The van der Waals surface area contributed by atoms with Gasteiger partial charge in [-0.05, 0) is 46.6 Å². The van der Waals surface area contributed by atoms with Gasteiger partial charge in [0.1, 0.15) is 0 Å². The predicted molar refractivity (Wildman–Crippen MR) is 75.6 cm³/mol. The van der Waals surface area contributed by atoms with Crippen molar-refractivity contribution in [2.45, 2.75) is 6.92 Å². The second kappa shape index (κ2) is 4.89. The molecule has 0 atom stereocenters. The van der Waals surface area contributed by atoms with Gasteiger partial charge in [-0.3, -0.25) is 4.79 Å². The number of carbonyl (C=O) groups excluding carboxylic acids is 1. The van der Waals surface area contributed by atoms with Crippen LogP contribution in [0, 0.1) is 6.92 Å². The molecule has 0 aliphatic carbocycles. The molecule has 3 nitrogen and oxygen atoms in total. The van der Waals surface area contributed by atoms with E-state index in [9.17, 15) is 4.79 Å². The number of halogens is 1. The van der Waals surface area contributed by atoms with Crippen molar-refractivity contribution in [2.75, 3.05) is 11.1 Å². The molecule has 17 heavy (non-hydrogen) atoms. The Labute approximate surface area is 112 Å². The zero-order chi connectivity index (χ0) is 12.4. The maximum Gasteiger partial charge on any atom is 0.256 e. The molecule has 0 saturated heterocycles. The van der Waals surface area contributed by atoms with Crippen molar-refractivity contribution in [3.05, 3.63) is 44.6 Å². The smallest absolute Gasteiger partial charge is 0.256 e. The van der Waals surface area contributed by atoms with Gasteiger partial charge in [0.2, 0.25) is 0 Å². The van der Waals surface area contributed by atoms with Crippen molar-refractivity contribution < 1.29 is 4.79 Å². The normalized spacial score (nSPS) is 10.2. The second-order valence-electron chi connectivity index (χ2n) is 3.67. The number of hydrogen-bond donors (Lipinski definition) is 2. The lowest BCUT2D eigenvalue weighted by molar-refractivity contribution is 0.102. The molecule has 0 radical (unpaired) electrons. The molecule has 0 fully saturated rings. The lowest BCUT2D eigenvalue weighted by atomic mass is 10.1. The lowest BCUT2D eigenvalue weighted by Gasteiger charge is -2.08. The summed E-state index contributed by atoms with van der Waals surface area (Å²) in [6.45, 7) is 1.93. The van der Waals surface area contributed by atoms with E-state index in [0.29, 0.717) is 11.3 Å². The van der Waals surface area contributed by atoms with Crippen LogP contribution in [0.1, 0.15) is 15.9 Å². The average Bonchev–Trinajstić information content (AvgIpc) is 2.70. The Morgan fingerprint density at radius 2 is 2.18 bits per heavy atom. The third-order valence-electron chi connectivity index (χ3n) is 2.34. The molecule has 0 unspecified atom stereocenters. The Bertz CT molecular complexity index is 565. The first-order valence-corrected chi connectivity index (χ1v) is 6.65. The van der Waals surface area contributed by atoms with Crippen molar-refractivity contribution in [1.29, 1.82) is 0 Å². The van der Waals surface area contributed by atoms with E-state index < -0.39 is 0 Å². The number of rotatable bonds is 2. The Morgan fingerprint density at radius 1 is 1.41 bits per heavy atom. The first-order valence-electron chi connectivity index (χ1n) is 4.98. The van der Waals surface area contributed by atoms with Crippen LogP contribution in [0.5, 0.6) is 0 Å². The van der Waals surface area contributed by atoms with Gasteiger partial charge in [0.15, 0.2) is 0 Å². The van der Waals surface area contributed by atoms with E-state index in [1.165, 1.54) is 11.3 Å². The molecule has 0 saturated carbocycles. The van der Waals surface area contributed by atoms with Crippen LogP contribution < -0.4 is 11.1 Å². The van der Waals surface area contributed by atoms with Crippen molar-refractivity contribution in [3.8, 4) is 0 Å². The third-order valence-corrected chi connectivity index (χ3v) is 3.84. The van der Waals surface area contributed by atoms with Crippen LogP contribution in [0.4, 0.5) is 11.4 Å². The van der Waals surface area contributed by atoms with E-state index in [1.807, 2.05) is 19.1 Å². The number of amides is 1. The highest BCUT2D eigenvalue weighted by Gasteiger charge is 2.09. The Morgan fingerprint density at radius 3 is 2.82 bits per heavy atom. The quantitative estimate of drug-likeness (QED) is 0.832. The van der Waals surface area contributed by atoms with E-state index in [0.717, 1.165) is 15.0 Å². The number of aryl methyl sites for hydroxylation is 1. The Hall–Kier alpha value is -1.33. The highest BCUT2D eigenvalue weighted by Crippen LogP contribution is 2.23. The highest BCUT2D eigenvalue weighted by atomic mass is 79.9. The van der Waals surface area contributed by atoms with E-state index in [2.05, 4.69) is 21.2 Å². The van der Waals surface area contributed by atoms with Crippen molar-refractivity contribution in [2.24, 2.45) is 0 Å². The van der Waals surface area contributed by atoms with Gasteiger partial charge < -0.3 is 11.1 Å². The summed E-state index contributed by atoms with van der Waals surface area (Å²) in [5.74, 6) is -0.124. The lowest BCUT2D eigenvalue weighted by Crippen LogP contribution is -2.12. The molecule has 0 aliphatic heterocycles. The zero-order valence-electron chi connectivity index (χ0n) is 9.16. The molecule has 5 heteroatoms. The van der Waals surface area contributed by atoms with Crippen LogP contribution in [-0.2, 0) is 0 Å². The van der Waals surface area contributed by atoms with Gasteiger partial charge in [0.05, 0.1) is 9.35 Å². The summed E-state index contributed by atoms with van der Waals surface area (Å²) < 4.78 is 0.937. The van der Waals surface area contributed by atoms with Crippen LogP contribution in [0.2, 0.25) is 0 Å². The summed E-state index contributed by atoms with van der Waals surface area (Å²) in [7, 11) is 0. The molecule has 1 heterocycles. The number of nitrogens with two attached hydrogens (primary N) is 1. The summed E-state index contributed by atoms with van der Waals surface area (Å²) in [4.78, 5) is 11.9. The van der Waals surface area contributed by atoms with E-state index in [1.54, 1.807) is 17.5 Å². The van der Waals surface area contributed by atoms with Crippen LogP contribution >= 0.6 is 27.3 Å². The van der Waals surface area contributed by atoms with Gasteiger partial charge in [-0.2, -0.15) is 0 Å². The minimum atomic E-state index is -0.124. The summed E-state index contributed by atoms with van der Waals surface area (Å²) in [6.07, 6.45) is 0. The van der Waals surface area contributed by atoms with Crippen molar-refractivity contribution in [3.63, 3.8) is 0 Å². The van der Waals surface area contributed by atoms with Crippen LogP contribution in [0.15, 0.2) is 33.4 Å². The van der Waals surface area contributed by atoms with Gasteiger partial charge in [-0.15, -0.1) is 11.3 Å². The van der Waals surface area contributed by atoms with Crippen molar-refractivity contribution in [1.82, 2.24) is 0 Å². The van der Waals surface area contributed by atoms with Gasteiger partial charge in [0.25, 0.3) is 5.91 Å². The number of thiophene rings is 1. The fraction of sp³-hybridized carbons (Fsp3) is 0.0833. The third kappa shape index (κ3) is 2.87. The van der Waals surface area contributed by atoms with E-state index in [4.69, 9.17) is 5.73 Å². The fourth-order valence-electron chi connectivity index (χ4n) is 1.40. The summed E-state index contributed by atoms with van der Waals surface area (Å²) in [5, 5.41) is 4.65. The molecule has 3 N–H and O–H groups in total. The molecule has 0 aliphatic rings. The fourth-order valence-corrected chi connectivity index (χ4v) is 2.53. The standard InChI is InChI=1S/C12H11BrN2OS/c1-7-2-3-9(14)5-10(7)15-12(16)8-4-11(13)17-6-8/h2-6H,14H2,1H3,(H,15,16). The number of benzene rings is 1. The summed E-state index contributed by atoms with van der Waals surface area (Å²) in [6, 6.07) is 7.25. The topological polar surface area (TPSA) is 55.1 Å². The monoisotopic (exact) mass is 310 g/mol. The zero-order valence-corrected chi connectivity index (χ0v) is 11.6. The average molecular weight is 311 g/mol. The van der Waals surface area contributed by atoms with Crippen molar-refractivity contribution >= 4 is 44.5 Å². The van der Waals surface area contributed by atoms with Crippen LogP contribution in [-0.4, -0.2) is 5.91 Å². The first-order chi connectivity index (χ1) is 8.06. The molecule has 0 spiro atoms. The maximum absolute atomic E-state index is 11.9. The second-order valence-corrected chi connectivity index (χ2v) is 5.96. The minimum absolute atomic E-state index is 0.124. The van der Waals surface area contributed by atoms with Gasteiger partial charge in [-0.1, -0.05) is 6.07 Å². The van der Waals surface area contributed by atoms with E-state index in [-0.39, 0.29) is 5.91 Å². The SMILES string of the molecule is Cc1ccc(N)cc1NC(=O)c1csc(Br)c1.